The smallest absolute Gasteiger partial charge is 0.250 e. The number of hydrogen-bond acceptors (Lipinski definition) is 3. The molecule has 26 heavy (non-hydrogen) atoms. The third kappa shape index (κ3) is 2.03. The zero-order valence-electron chi connectivity index (χ0n) is 16.7. The molecule has 1 aromatic carbocycles. The number of nitrogens with one attached hydrogen (secondary N) is 1. The minimum atomic E-state index is -1.87. The van der Waals surface area contributed by atoms with E-state index in [-0.39, 0.29) is 10.5 Å². The minimum Gasteiger partial charge on any atom is -0.543 e. The average Bonchev–Trinajstić information content (AvgIpc) is 2.87. The van der Waals surface area contributed by atoms with E-state index in [9.17, 15) is 0 Å². The molecule has 2 aliphatic heterocycles. The summed E-state index contributed by atoms with van der Waals surface area (Å²) in [5, 5.41) is 4.00. The van der Waals surface area contributed by atoms with Crippen molar-refractivity contribution in [3.8, 4) is 11.5 Å². The monoisotopic (exact) mass is 369 g/mol. The predicted octanol–water partition coefficient (Wildman–Crippen LogP) is 4.56. The number of benzene rings is 1. The first kappa shape index (κ1) is 16.9. The molecule has 3 nitrogen and oxygen atoms in total. The molecule has 0 saturated carbocycles. The average molecular weight is 370 g/mol. The van der Waals surface area contributed by atoms with Crippen molar-refractivity contribution in [1.82, 2.24) is 5.32 Å². The van der Waals surface area contributed by atoms with E-state index < -0.39 is 8.32 Å². The van der Waals surface area contributed by atoms with Gasteiger partial charge in [-0.15, -0.1) is 0 Å². The van der Waals surface area contributed by atoms with E-state index in [0.717, 1.165) is 30.9 Å². The fourth-order valence-corrected chi connectivity index (χ4v) is 6.53. The van der Waals surface area contributed by atoms with Crippen LogP contribution in [0.3, 0.4) is 0 Å². The van der Waals surface area contributed by atoms with Gasteiger partial charge in [0, 0.05) is 34.9 Å². The van der Waals surface area contributed by atoms with Gasteiger partial charge in [0.05, 0.1) is 0 Å². The quantitative estimate of drug-likeness (QED) is 0.612. The minimum absolute atomic E-state index is 0.167. The molecule has 1 fully saturated rings. The first-order valence-electron chi connectivity index (χ1n) is 10.2. The van der Waals surface area contributed by atoms with Crippen LogP contribution >= 0.6 is 0 Å². The lowest BCUT2D eigenvalue weighted by Crippen LogP contribution is -2.62. The molecule has 2 heterocycles. The van der Waals surface area contributed by atoms with E-state index in [1.54, 1.807) is 0 Å². The Kier molecular flexibility index (Phi) is 3.35. The zero-order valence-corrected chi connectivity index (χ0v) is 17.7. The van der Waals surface area contributed by atoms with Crippen LogP contribution in [0.25, 0.3) is 0 Å². The molecule has 4 aliphatic rings. The Balaban J connectivity index is 1.66. The van der Waals surface area contributed by atoms with Crippen LogP contribution in [0.2, 0.25) is 18.1 Å². The predicted molar refractivity (Wildman–Crippen MR) is 108 cm³/mol. The maximum absolute atomic E-state index is 6.82. The molecule has 2 bridgehead atoms. The lowest BCUT2D eigenvalue weighted by Gasteiger charge is -2.53. The molecule has 1 N–H and O–H groups in total. The second kappa shape index (κ2) is 5.17. The Morgan fingerprint density at radius 3 is 2.85 bits per heavy atom. The standard InChI is InChI=1S/C22H31NO2Si/c1-21(2,3)26(4,5)25-17-9-10-18-20-14(17)13-16-15-7-6-8-19(24-18)22(15,20)11-12-23-16/h6-7,9-10,15-16,19,23H,8,11-13H2,1-5H3/t15-,16+,19?,22+/m0/s1. The third-order valence-electron chi connectivity index (χ3n) is 7.80. The maximum Gasteiger partial charge on any atom is 0.250 e. The van der Waals surface area contributed by atoms with Gasteiger partial charge in [0.25, 0.3) is 0 Å². The van der Waals surface area contributed by atoms with E-state index in [2.05, 4.69) is 63.5 Å². The zero-order chi connectivity index (χ0) is 18.3. The molecule has 1 saturated heterocycles. The van der Waals surface area contributed by atoms with E-state index in [4.69, 9.17) is 9.16 Å². The van der Waals surface area contributed by atoms with Gasteiger partial charge in [0.2, 0.25) is 8.32 Å². The van der Waals surface area contributed by atoms with Crippen LogP contribution < -0.4 is 14.5 Å². The molecule has 5 rings (SSSR count). The second-order valence-corrected chi connectivity index (χ2v) is 14.9. The highest BCUT2D eigenvalue weighted by molar-refractivity contribution is 6.74. The van der Waals surface area contributed by atoms with Crippen LogP contribution in [0.15, 0.2) is 24.3 Å². The first-order valence-corrected chi connectivity index (χ1v) is 13.1. The molecule has 1 unspecified atom stereocenters. The van der Waals surface area contributed by atoms with Crippen molar-refractivity contribution in [2.45, 2.75) is 75.7 Å². The highest BCUT2D eigenvalue weighted by atomic mass is 28.4. The van der Waals surface area contributed by atoms with Crippen LogP contribution in [-0.2, 0) is 11.8 Å². The van der Waals surface area contributed by atoms with Gasteiger partial charge >= 0.3 is 0 Å². The van der Waals surface area contributed by atoms with Gasteiger partial charge in [-0.3, -0.25) is 0 Å². The highest BCUT2D eigenvalue weighted by Gasteiger charge is 2.61. The van der Waals surface area contributed by atoms with Crippen LogP contribution in [0.5, 0.6) is 11.5 Å². The largest absolute Gasteiger partial charge is 0.543 e. The molecular formula is C22H31NO2Si. The summed E-state index contributed by atoms with van der Waals surface area (Å²) in [6.07, 6.45) is 8.38. The molecule has 1 aromatic rings. The van der Waals surface area contributed by atoms with Gasteiger partial charge in [-0.25, -0.2) is 0 Å². The summed E-state index contributed by atoms with van der Waals surface area (Å²) in [6.45, 7) is 12.7. The van der Waals surface area contributed by atoms with E-state index in [1.165, 1.54) is 17.5 Å². The summed E-state index contributed by atoms with van der Waals surface area (Å²) in [4.78, 5) is 0. The SMILES string of the molecule is CC(C)(C)[Si](C)(C)Oc1ccc2c3c1C[C@H]1NCC[C@@]34C(CC=C[C@@H]14)O2. The maximum atomic E-state index is 6.82. The van der Waals surface area contributed by atoms with Crippen molar-refractivity contribution in [2.75, 3.05) is 6.54 Å². The molecular weight excluding hydrogens is 338 g/mol. The molecule has 2 aliphatic carbocycles. The number of hydrogen-bond donors (Lipinski definition) is 1. The highest BCUT2D eigenvalue weighted by Crippen LogP contribution is 2.61. The molecule has 0 radical (unpaired) electrons. The number of piperidine rings is 1. The van der Waals surface area contributed by atoms with Crippen LogP contribution in [0.4, 0.5) is 0 Å². The summed E-state index contributed by atoms with van der Waals surface area (Å²) in [7, 11) is -1.87. The van der Waals surface area contributed by atoms with E-state index >= 15 is 0 Å². The third-order valence-corrected chi connectivity index (χ3v) is 12.1. The molecule has 140 valence electrons. The van der Waals surface area contributed by atoms with Crippen LogP contribution in [0.1, 0.15) is 44.7 Å². The fraction of sp³-hybridized carbons (Fsp3) is 0.636. The van der Waals surface area contributed by atoms with Gasteiger partial charge in [-0.1, -0.05) is 32.9 Å². The van der Waals surface area contributed by atoms with Gasteiger partial charge < -0.3 is 14.5 Å². The lowest BCUT2D eigenvalue weighted by atomic mass is 9.54. The first-order chi connectivity index (χ1) is 12.2. The molecule has 4 heteroatoms. The van der Waals surface area contributed by atoms with Crippen molar-refractivity contribution < 1.29 is 9.16 Å². The van der Waals surface area contributed by atoms with Gasteiger partial charge in [0.15, 0.2) is 0 Å². The van der Waals surface area contributed by atoms with Crippen molar-refractivity contribution in [3.05, 3.63) is 35.4 Å². The number of rotatable bonds is 2. The van der Waals surface area contributed by atoms with Gasteiger partial charge in [0.1, 0.15) is 17.6 Å². The van der Waals surface area contributed by atoms with Crippen LogP contribution in [0, 0.1) is 5.92 Å². The Hall–Kier alpha value is -1.26. The Labute approximate surface area is 158 Å². The van der Waals surface area contributed by atoms with Crippen molar-refractivity contribution >= 4 is 8.32 Å². The molecule has 4 atom stereocenters. The van der Waals surface area contributed by atoms with E-state index in [1.807, 2.05) is 0 Å². The van der Waals surface area contributed by atoms with Gasteiger partial charge in [-0.2, -0.15) is 0 Å². The lowest BCUT2D eigenvalue weighted by molar-refractivity contribution is 0.0563. The Morgan fingerprint density at radius 1 is 1.27 bits per heavy atom. The summed E-state index contributed by atoms with van der Waals surface area (Å²) >= 11 is 0. The normalized spacial score (nSPS) is 34.3. The summed E-state index contributed by atoms with van der Waals surface area (Å²) < 4.78 is 13.3. The molecule has 0 amide bonds. The van der Waals surface area contributed by atoms with Crippen molar-refractivity contribution in [3.63, 3.8) is 0 Å². The number of ether oxygens (including phenoxy) is 1. The van der Waals surface area contributed by atoms with Crippen molar-refractivity contribution in [1.29, 1.82) is 0 Å². The van der Waals surface area contributed by atoms with E-state index in [0.29, 0.717) is 18.1 Å². The topological polar surface area (TPSA) is 30.5 Å². The second-order valence-electron chi connectivity index (χ2n) is 10.1. The molecule has 1 spiro atoms. The summed E-state index contributed by atoms with van der Waals surface area (Å²) in [5.74, 6) is 2.81. The summed E-state index contributed by atoms with van der Waals surface area (Å²) in [5.41, 5.74) is 3.09. The van der Waals surface area contributed by atoms with Crippen LogP contribution in [-0.4, -0.2) is 27.0 Å². The van der Waals surface area contributed by atoms with Crippen molar-refractivity contribution in [2.24, 2.45) is 5.92 Å². The molecule has 0 aromatic heterocycles. The van der Waals surface area contributed by atoms with Gasteiger partial charge in [-0.05, 0) is 49.7 Å². The fourth-order valence-electron chi connectivity index (χ4n) is 5.48. The Bertz CT molecular complexity index is 794. The summed E-state index contributed by atoms with van der Waals surface area (Å²) in [6, 6.07) is 4.88. The Morgan fingerprint density at radius 2 is 2.08 bits per heavy atom.